The van der Waals surface area contributed by atoms with Crippen molar-refractivity contribution in [3.63, 3.8) is 0 Å². The molecule has 7 heteroatoms. The summed E-state index contributed by atoms with van der Waals surface area (Å²) in [4.78, 5) is 15.9. The summed E-state index contributed by atoms with van der Waals surface area (Å²) in [6.45, 7) is 0.0822. The molecule has 0 aliphatic heterocycles. The summed E-state index contributed by atoms with van der Waals surface area (Å²) in [7, 11) is 1.26. The molecule has 130 valence electrons. The zero-order valence-corrected chi connectivity index (χ0v) is 13.3. The van der Waals surface area contributed by atoms with Crippen LogP contribution in [0, 0.1) is 0 Å². The van der Waals surface area contributed by atoms with E-state index in [0.717, 1.165) is 6.08 Å². The molecule has 1 N–H and O–H groups in total. The van der Waals surface area contributed by atoms with E-state index < -0.39 is 12.0 Å². The molecule has 0 fully saturated rings. The van der Waals surface area contributed by atoms with E-state index in [4.69, 9.17) is 4.74 Å². The fourth-order valence-corrected chi connectivity index (χ4v) is 2.12. The van der Waals surface area contributed by atoms with Gasteiger partial charge in [0.15, 0.2) is 5.71 Å². The molecule has 0 aliphatic rings. The lowest BCUT2D eigenvalue weighted by molar-refractivity contribution is -0.129. The van der Waals surface area contributed by atoms with Crippen molar-refractivity contribution >= 4 is 17.8 Å². The van der Waals surface area contributed by atoms with Gasteiger partial charge in [0.2, 0.25) is 0 Å². The van der Waals surface area contributed by atoms with E-state index in [0.29, 0.717) is 22.4 Å². The van der Waals surface area contributed by atoms with Gasteiger partial charge in [0.1, 0.15) is 19.5 Å². The van der Waals surface area contributed by atoms with Crippen LogP contribution < -0.4 is 4.74 Å². The van der Waals surface area contributed by atoms with Crippen LogP contribution in [0.15, 0.2) is 59.8 Å². The van der Waals surface area contributed by atoms with Gasteiger partial charge in [-0.2, -0.15) is 8.78 Å². The minimum atomic E-state index is -1.78. The van der Waals surface area contributed by atoms with Crippen LogP contribution in [-0.2, 0) is 16.2 Å². The number of aliphatic carboxylic acids is 1. The maximum absolute atomic E-state index is 12.2. The Balaban J connectivity index is 2.17. The Bertz CT molecular complexity index is 797. The van der Waals surface area contributed by atoms with Crippen molar-refractivity contribution in [2.45, 2.75) is 6.61 Å². The number of nitrogens with zero attached hydrogens (tertiary/aromatic N) is 1. The Labute approximate surface area is 142 Å². The van der Waals surface area contributed by atoms with Crippen LogP contribution in [0.4, 0.5) is 8.78 Å². The maximum atomic E-state index is 12.2. The van der Waals surface area contributed by atoms with Crippen LogP contribution >= 0.6 is 0 Å². The third-order valence-electron chi connectivity index (χ3n) is 3.21. The molecular weight excluding hydrogens is 332 g/mol. The molecule has 0 aromatic heterocycles. The van der Waals surface area contributed by atoms with Gasteiger partial charge in [-0.25, -0.2) is 4.79 Å². The first kappa shape index (κ1) is 18.1. The zero-order valence-electron chi connectivity index (χ0n) is 13.3. The van der Waals surface area contributed by atoms with E-state index in [1.807, 2.05) is 0 Å². The number of carbonyl (C=O) groups is 1. The van der Waals surface area contributed by atoms with Crippen LogP contribution in [0.3, 0.4) is 0 Å². The van der Waals surface area contributed by atoms with E-state index in [1.54, 1.807) is 36.4 Å². The highest BCUT2D eigenvalue weighted by atomic mass is 19.3. The Morgan fingerprint density at radius 1 is 1.16 bits per heavy atom. The van der Waals surface area contributed by atoms with E-state index in [2.05, 4.69) is 9.99 Å². The molecule has 2 rings (SSSR count). The molecule has 25 heavy (non-hydrogen) atoms. The number of ether oxygens (including phenoxy) is 1. The molecule has 0 unspecified atom stereocenters. The number of oxime groups is 1. The second-order valence-corrected chi connectivity index (χ2v) is 4.88. The molecule has 0 saturated heterocycles. The quantitative estimate of drug-likeness (QED) is 0.608. The summed E-state index contributed by atoms with van der Waals surface area (Å²) in [5.41, 5.74) is 1.09. The molecule has 0 heterocycles. The van der Waals surface area contributed by atoms with Crippen molar-refractivity contribution in [2.75, 3.05) is 7.11 Å². The van der Waals surface area contributed by atoms with Crippen molar-refractivity contribution in [3.8, 4) is 5.75 Å². The standard InChI is InChI=1S/C18H15F2NO4/c1-24-21-17(18(22)23)15-5-3-2-4-13(15)11-25-14-8-6-12(7-9-14)10-16(19)20/h2-10H,11H2,1H3,(H,22,23)/b21-17-. The predicted octanol–water partition coefficient (Wildman–Crippen LogP) is 3.94. The summed E-state index contributed by atoms with van der Waals surface area (Å²) in [5.74, 6) is -0.759. The van der Waals surface area contributed by atoms with Crippen molar-refractivity contribution in [1.29, 1.82) is 0 Å². The SMILES string of the molecule is CO/N=C(\C(=O)O)c1ccccc1COc1ccc(C=C(F)F)cc1. The van der Waals surface area contributed by atoms with E-state index in [9.17, 15) is 18.7 Å². The van der Waals surface area contributed by atoms with Crippen LogP contribution in [0.25, 0.3) is 6.08 Å². The molecule has 0 spiro atoms. The highest BCUT2D eigenvalue weighted by Gasteiger charge is 2.17. The summed E-state index contributed by atoms with van der Waals surface area (Å²) >= 11 is 0. The van der Waals surface area contributed by atoms with E-state index in [1.165, 1.54) is 19.2 Å². The zero-order chi connectivity index (χ0) is 18.2. The largest absolute Gasteiger partial charge is 0.489 e. The third-order valence-corrected chi connectivity index (χ3v) is 3.21. The first-order valence-electron chi connectivity index (χ1n) is 7.19. The summed E-state index contributed by atoms with van der Waals surface area (Å²) in [6, 6.07) is 12.8. The second kappa shape index (κ2) is 8.58. The molecule has 2 aromatic rings. The first-order chi connectivity index (χ1) is 12.0. The summed E-state index contributed by atoms with van der Waals surface area (Å²) < 4.78 is 30.0. The number of carboxylic acid groups (broad SMARTS) is 1. The Morgan fingerprint density at radius 2 is 1.84 bits per heavy atom. The lowest BCUT2D eigenvalue weighted by atomic mass is 10.0. The minimum absolute atomic E-state index is 0.0822. The van der Waals surface area contributed by atoms with Gasteiger partial charge in [0, 0.05) is 11.6 Å². The molecule has 2 aromatic carbocycles. The number of halogens is 2. The van der Waals surface area contributed by atoms with Gasteiger partial charge < -0.3 is 14.7 Å². The molecule has 0 atom stereocenters. The van der Waals surface area contributed by atoms with Gasteiger partial charge in [0.25, 0.3) is 6.08 Å². The van der Waals surface area contributed by atoms with Gasteiger partial charge in [-0.05, 0) is 23.3 Å². The van der Waals surface area contributed by atoms with E-state index >= 15 is 0 Å². The Kier molecular flexibility index (Phi) is 6.22. The number of benzene rings is 2. The highest BCUT2D eigenvalue weighted by molar-refractivity contribution is 6.42. The lowest BCUT2D eigenvalue weighted by Crippen LogP contribution is -2.17. The lowest BCUT2D eigenvalue weighted by Gasteiger charge is -2.11. The minimum Gasteiger partial charge on any atom is -0.489 e. The number of rotatable bonds is 7. The first-order valence-corrected chi connectivity index (χ1v) is 7.19. The number of hydrogen-bond acceptors (Lipinski definition) is 4. The smallest absolute Gasteiger partial charge is 0.358 e. The Morgan fingerprint density at radius 3 is 2.44 bits per heavy atom. The third kappa shape index (κ3) is 5.13. The van der Waals surface area contributed by atoms with Crippen LogP contribution in [-0.4, -0.2) is 23.9 Å². The normalized spacial score (nSPS) is 10.9. The van der Waals surface area contributed by atoms with Gasteiger partial charge in [0.05, 0.1) is 0 Å². The van der Waals surface area contributed by atoms with Gasteiger partial charge in [-0.15, -0.1) is 0 Å². The average Bonchev–Trinajstić information content (AvgIpc) is 2.59. The fraction of sp³-hybridized carbons (Fsp3) is 0.111. The molecule has 0 radical (unpaired) electrons. The topological polar surface area (TPSA) is 68.1 Å². The average molecular weight is 347 g/mol. The monoisotopic (exact) mass is 347 g/mol. The number of hydrogen-bond donors (Lipinski definition) is 1. The molecule has 0 bridgehead atoms. The summed E-state index contributed by atoms with van der Waals surface area (Å²) in [5, 5.41) is 12.8. The van der Waals surface area contributed by atoms with E-state index in [-0.39, 0.29) is 12.3 Å². The van der Waals surface area contributed by atoms with Crippen LogP contribution in [0.1, 0.15) is 16.7 Å². The molecule has 0 aliphatic carbocycles. The van der Waals surface area contributed by atoms with Gasteiger partial charge in [-0.1, -0.05) is 41.6 Å². The highest BCUT2D eigenvalue weighted by Crippen LogP contribution is 2.18. The van der Waals surface area contributed by atoms with Crippen LogP contribution in [0.5, 0.6) is 5.75 Å². The maximum Gasteiger partial charge on any atom is 0.358 e. The van der Waals surface area contributed by atoms with Crippen molar-refractivity contribution in [2.24, 2.45) is 5.16 Å². The number of carboxylic acids is 1. The predicted molar refractivity (Wildman–Crippen MR) is 88.6 cm³/mol. The van der Waals surface area contributed by atoms with Crippen molar-refractivity contribution in [3.05, 3.63) is 71.3 Å². The fourth-order valence-electron chi connectivity index (χ4n) is 2.12. The van der Waals surface area contributed by atoms with Gasteiger partial charge >= 0.3 is 5.97 Å². The van der Waals surface area contributed by atoms with Crippen LogP contribution in [0.2, 0.25) is 0 Å². The Hall–Kier alpha value is -3.22. The van der Waals surface area contributed by atoms with Gasteiger partial charge in [-0.3, -0.25) is 0 Å². The molecule has 0 saturated carbocycles. The summed E-state index contributed by atoms with van der Waals surface area (Å²) in [6.07, 6.45) is -1.03. The molecule has 0 amide bonds. The van der Waals surface area contributed by atoms with Crippen molar-refractivity contribution < 1.29 is 28.3 Å². The molecular formula is C18H15F2NO4. The van der Waals surface area contributed by atoms with Crippen molar-refractivity contribution in [1.82, 2.24) is 0 Å². The molecule has 5 nitrogen and oxygen atoms in total. The second-order valence-electron chi connectivity index (χ2n) is 4.88.